The summed E-state index contributed by atoms with van der Waals surface area (Å²) < 4.78 is 32.0. The van der Waals surface area contributed by atoms with E-state index in [1.165, 1.54) is 25.3 Å². The Hall–Kier alpha value is -2.30. The predicted molar refractivity (Wildman–Crippen MR) is 77.0 cm³/mol. The molecule has 1 N–H and O–H groups in total. The average molecular weight is 278 g/mol. The van der Waals surface area contributed by atoms with Crippen molar-refractivity contribution in [3.05, 3.63) is 48.0 Å². The zero-order valence-corrected chi connectivity index (χ0v) is 11.6. The maximum absolute atomic E-state index is 13.5. The summed E-state index contributed by atoms with van der Waals surface area (Å²) in [6, 6.07) is 9.08. The van der Waals surface area contributed by atoms with Crippen molar-refractivity contribution in [1.82, 2.24) is 0 Å². The first-order chi connectivity index (χ1) is 9.55. The Morgan fingerprint density at radius 3 is 2.45 bits per heavy atom. The van der Waals surface area contributed by atoms with Gasteiger partial charge in [-0.25, -0.2) is 8.78 Å². The highest BCUT2D eigenvalue weighted by molar-refractivity contribution is 5.68. The van der Waals surface area contributed by atoms with Crippen LogP contribution < -0.4 is 15.0 Å². The number of anilines is 3. The fraction of sp³-hybridized carbons (Fsp3) is 0.200. The Morgan fingerprint density at radius 1 is 1.05 bits per heavy atom. The lowest BCUT2D eigenvalue weighted by Crippen LogP contribution is -2.10. The van der Waals surface area contributed by atoms with Crippen LogP contribution in [-0.4, -0.2) is 21.2 Å². The first-order valence-electron chi connectivity index (χ1n) is 6.10. The van der Waals surface area contributed by atoms with E-state index in [0.717, 1.165) is 5.69 Å². The third kappa shape index (κ3) is 2.82. The average Bonchev–Trinajstić information content (AvgIpc) is 2.46. The van der Waals surface area contributed by atoms with Gasteiger partial charge in [-0.05, 0) is 24.3 Å². The molecule has 0 atom stereocenters. The molecule has 3 nitrogen and oxygen atoms in total. The van der Waals surface area contributed by atoms with E-state index in [1.54, 1.807) is 37.2 Å². The van der Waals surface area contributed by atoms with E-state index in [1.807, 2.05) is 0 Å². The first-order valence-corrected chi connectivity index (χ1v) is 6.10. The number of halogens is 2. The highest BCUT2D eigenvalue weighted by Crippen LogP contribution is 2.30. The number of rotatable bonds is 4. The minimum Gasteiger partial charge on any atom is -0.497 e. The molecule has 0 spiro atoms. The fourth-order valence-electron chi connectivity index (χ4n) is 1.92. The highest BCUT2D eigenvalue weighted by atomic mass is 19.1. The molecule has 0 aliphatic rings. The van der Waals surface area contributed by atoms with Gasteiger partial charge in [-0.15, -0.1) is 0 Å². The Morgan fingerprint density at radius 2 is 1.80 bits per heavy atom. The molecular formula is C15H16F2N2O. The summed E-state index contributed by atoms with van der Waals surface area (Å²) in [5, 5.41) is 2.78. The summed E-state index contributed by atoms with van der Waals surface area (Å²) in [7, 11) is 4.91. The molecule has 0 aliphatic carbocycles. The molecule has 20 heavy (non-hydrogen) atoms. The van der Waals surface area contributed by atoms with Crippen LogP contribution in [0.5, 0.6) is 5.75 Å². The summed E-state index contributed by atoms with van der Waals surface area (Å²) in [5.41, 5.74) is 1.75. The zero-order valence-electron chi connectivity index (χ0n) is 11.6. The first kappa shape index (κ1) is 14.1. The van der Waals surface area contributed by atoms with Gasteiger partial charge in [-0.2, -0.15) is 0 Å². The van der Waals surface area contributed by atoms with Gasteiger partial charge in [0.2, 0.25) is 0 Å². The fourth-order valence-corrected chi connectivity index (χ4v) is 1.92. The van der Waals surface area contributed by atoms with E-state index >= 15 is 0 Å². The van der Waals surface area contributed by atoms with Crippen LogP contribution in [0.25, 0.3) is 0 Å². The van der Waals surface area contributed by atoms with Crippen molar-refractivity contribution in [2.45, 2.75) is 0 Å². The van der Waals surface area contributed by atoms with Crippen molar-refractivity contribution in [1.29, 1.82) is 0 Å². The van der Waals surface area contributed by atoms with E-state index in [9.17, 15) is 8.78 Å². The number of nitrogens with zero attached hydrogens (tertiary/aromatic N) is 1. The maximum atomic E-state index is 13.5. The molecular weight excluding hydrogens is 262 g/mol. The molecule has 0 saturated heterocycles. The van der Waals surface area contributed by atoms with Crippen LogP contribution in [0.4, 0.5) is 25.8 Å². The number of nitrogens with one attached hydrogen (secondary N) is 1. The summed E-state index contributed by atoms with van der Waals surface area (Å²) in [4.78, 5) is 1.76. The molecule has 5 heteroatoms. The normalized spacial score (nSPS) is 10.2. The zero-order chi connectivity index (χ0) is 14.7. The van der Waals surface area contributed by atoms with Crippen LogP contribution >= 0.6 is 0 Å². The predicted octanol–water partition coefficient (Wildman–Crippen LogP) is 3.78. The van der Waals surface area contributed by atoms with Crippen LogP contribution in [0.15, 0.2) is 36.4 Å². The number of hydrogen-bond acceptors (Lipinski definition) is 3. The summed E-state index contributed by atoms with van der Waals surface area (Å²) >= 11 is 0. The van der Waals surface area contributed by atoms with Gasteiger partial charge in [-0.3, -0.25) is 0 Å². The van der Waals surface area contributed by atoms with Gasteiger partial charge < -0.3 is 15.0 Å². The third-order valence-electron chi connectivity index (χ3n) is 3.09. The standard InChI is InChI=1S/C15H16F2N2O/c1-18-15-9-11(4-5-14(15)17)19(2)12-6-10(16)7-13(8-12)20-3/h4-9,18H,1-3H3. The molecule has 0 radical (unpaired) electrons. The molecule has 0 heterocycles. The lowest BCUT2D eigenvalue weighted by atomic mass is 10.2. The van der Waals surface area contributed by atoms with Crippen LogP contribution in [0.3, 0.4) is 0 Å². The van der Waals surface area contributed by atoms with Crippen molar-refractivity contribution in [3.63, 3.8) is 0 Å². The topological polar surface area (TPSA) is 24.5 Å². The van der Waals surface area contributed by atoms with Crippen molar-refractivity contribution < 1.29 is 13.5 Å². The Labute approximate surface area is 116 Å². The van der Waals surface area contributed by atoms with Crippen molar-refractivity contribution in [2.24, 2.45) is 0 Å². The minimum atomic E-state index is -0.387. The van der Waals surface area contributed by atoms with Gasteiger partial charge in [0.15, 0.2) is 0 Å². The molecule has 0 saturated carbocycles. The summed E-state index contributed by atoms with van der Waals surface area (Å²) in [6.45, 7) is 0. The number of ether oxygens (including phenoxy) is 1. The molecule has 2 aromatic rings. The minimum absolute atomic E-state index is 0.332. The van der Waals surface area contributed by atoms with Crippen molar-refractivity contribution in [3.8, 4) is 5.75 Å². The molecule has 106 valence electrons. The number of methoxy groups -OCH3 is 1. The Balaban J connectivity index is 2.40. The Kier molecular flexibility index (Phi) is 4.08. The second-order valence-corrected chi connectivity index (χ2v) is 4.32. The Bertz CT molecular complexity index is 617. The van der Waals surface area contributed by atoms with E-state index in [-0.39, 0.29) is 11.6 Å². The molecule has 0 fully saturated rings. The summed E-state index contributed by atoms with van der Waals surface area (Å²) in [6.07, 6.45) is 0. The maximum Gasteiger partial charge on any atom is 0.146 e. The molecule has 0 amide bonds. The molecule has 2 rings (SSSR count). The number of benzene rings is 2. The van der Waals surface area contributed by atoms with E-state index < -0.39 is 0 Å². The van der Waals surface area contributed by atoms with Gasteiger partial charge in [0.05, 0.1) is 12.8 Å². The highest BCUT2D eigenvalue weighted by Gasteiger charge is 2.10. The van der Waals surface area contributed by atoms with Crippen LogP contribution in [0, 0.1) is 11.6 Å². The largest absolute Gasteiger partial charge is 0.497 e. The SMILES string of the molecule is CNc1cc(N(C)c2cc(F)cc(OC)c2)ccc1F. The van der Waals surface area contributed by atoms with Gasteiger partial charge in [0, 0.05) is 37.6 Å². The second-order valence-electron chi connectivity index (χ2n) is 4.32. The van der Waals surface area contributed by atoms with E-state index in [4.69, 9.17) is 4.74 Å². The van der Waals surface area contributed by atoms with E-state index in [2.05, 4.69) is 5.32 Å². The van der Waals surface area contributed by atoms with Gasteiger partial charge in [0.25, 0.3) is 0 Å². The van der Waals surface area contributed by atoms with Crippen molar-refractivity contribution in [2.75, 3.05) is 31.4 Å². The van der Waals surface area contributed by atoms with E-state index in [0.29, 0.717) is 17.1 Å². The monoisotopic (exact) mass is 278 g/mol. The second kappa shape index (κ2) is 5.77. The van der Waals surface area contributed by atoms with Crippen LogP contribution in [-0.2, 0) is 0 Å². The molecule has 0 unspecified atom stereocenters. The quantitative estimate of drug-likeness (QED) is 0.921. The van der Waals surface area contributed by atoms with Crippen LogP contribution in [0.2, 0.25) is 0 Å². The molecule has 0 aromatic heterocycles. The molecule has 2 aromatic carbocycles. The lowest BCUT2D eigenvalue weighted by Gasteiger charge is -2.21. The van der Waals surface area contributed by atoms with Gasteiger partial charge >= 0.3 is 0 Å². The molecule has 0 aliphatic heterocycles. The van der Waals surface area contributed by atoms with Gasteiger partial charge in [-0.1, -0.05) is 0 Å². The van der Waals surface area contributed by atoms with Crippen molar-refractivity contribution >= 4 is 17.1 Å². The summed E-state index contributed by atoms with van der Waals surface area (Å²) in [5.74, 6) is -0.286. The van der Waals surface area contributed by atoms with Gasteiger partial charge in [0.1, 0.15) is 17.4 Å². The smallest absolute Gasteiger partial charge is 0.146 e. The molecule has 0 bridgehead atoms. The van der Waals surface area contributed by atoms with Crippen LogP contribution in [0.1, 0.15) is 0 Å². The lowest BCUT2D eigenvalue weighted by molar-refractivity contribution is 0.411. The number of hydrogen-bond donors (Lipinski definition) is 1. The third-order valence-corrected chi connectivity index (χ3v) is 3.09.